The van der Waals surface area contributed by atoms with Gasteiger partial charge in [0, 0.05) is 36.3 Å². The highest BCUT2D eigenvalue weighted by Crippen LogP contribution is 2.29. The lowest BCUT2D eigenvalue weighted by molar-refractivity contribution is 0.0696. The molecule has 2 heterocycles. The lowest BCUT2D eigenvalue weighted by atomic mass is 9.93. The molecule has 5 heteroatoms. The Bertz CT molecular complexity index is 953. The van der Waals surface area contributed by atoms with Gasteiger partial charge in [0.1, 0.15) is 17.2 Å². The summed E-state index contributed by atoms with van der Waals surface area (Å²) in [4.78, 5) is 18.7. The minimum atomic E-state index is -0.819. The number of fused-ring (bicyclic) bond motifs is 1. The predicted molar refractivity (Wildman–Crippen MR) is 96.0 cm³/mol. The van der Waals surface area contributed by atoms with Gasteiger partial charge in [-0.25, -0.2) is 8.78 Å². The summed E-state index contributed by atoms with van der Waals surface area (Å²) in [5, 5.41) is 2.16. The number of benzene rings is 2. The molecule has 0 aliphatic carbocycles. The Labute approximate surface area is 150 Å². The zero-order valence-corrected chi connectivity index (χ0v) is 14.2. The smallest absolute Gasteiger partial charge is 0.259 e. The second kappa shape index (κ2) is 6.83. The van der Waals surface area contributed by atoms with E-state index in [1.807, 2.05) is 36.5 Å². The van der Waals surface area contributed by atoms with E-state index in [4.69, 9.17) is 0 Å². The molecule has 4 rings (SSSR count). The van der Waals surface area contributed by atoms with E-state index >= 15 is 0 Å². The fourth-order valence-corrected chi connectivity index (χ4v) is 3.59. The molecule has 0 saturated carbocycles. The van der Waals surface area contributed by atoms with Crippen molar-refractivity contribution in [3.05, 3.63) is 77.6 Å². The molecule has 0 radical (unpaired) electrons. The fourth-order valence-electron chi connectivity index (χ4n) is 3.59. The van der Waals surface area contributed by atoms with Gasteiger partial charge in [-0.15, -0.1) is 0 Å². The summed E-state index contributed by atoms with van der Waals surface area (Å²) < 4.78 is 27.9. The van der Waals surface area contributed by atoms with Crippen molar-refractivity contribution in [2.75, 3.05) is 13.1 Å². The molecule has 1 saturated heterocycles. The zero-order chi connectivity index (χ0) is 18.1. The molecule has 0 bridgehead atoms. The van der Waals surface area contributed by atoms with E-state index < -0.39 is 23.1 Å². The molecule has 2 aromatic carbocycles. The number of hydrogen-bond acceptors (Lipinski definition) is 2. The molecule has 3 aromatic rings. The number of rotatable bonds is 2. The summed E-state index contributed by atoms with van der Waals surface area (Å²) >= 11 is 0. The van der Waals surface area contributed by atoms with Crippen LogP contribution < -0.4 is 0 Å². The van der Waals surface area contributed by atoms with Crippen molar-refractivity contribution in [3.63, 3.8) is 0 Å². The van der Waals surface area contributed by atoms with Crippen LogP contribution in [0, 0.1) is 11.6 Å². The molecule has 26 heavy (non-hydrogen) atoms. The number of aromatic nitrogens is 1. The molecule has 0 N–H and O–H groups in total. The first kappa shape index (κ1) is 16.6. The van der Waals surface area contributed by atoms with E-state index in [1.54, 1.807) is 0 Å². The highest BCUT2D eigenvalue weighted by atomic mass is 19.1. The first-order valence-corrected chi connectivity index (χ1v) is 8.71. The molecular weight excluding hydrogens is 334 g/mol. The number of piperidine rings is 1. The Kier molecular flexibility index (Phi) is 4.37. The van der Waals surface area contributed by atoms with Gasteiger partial charge in [-0.05, 0) is 36.4 Å². The topological polar surface area (TPSA) is 33.2 Å². The number of likely N-dealkylation sites (tertiary alicyclic amines) is 1. The predicted octanol–water partition coefficient (Wildman–Crippen LogP) is 4.53. The fraction of sp³-hybridized carbons (Fsp3) is 0.238. The quantitative estimate of drug-likeness (QED) is 0.679. The van der Waals surface area contributed by atoms with Crippen LogP contribution in [0.25, 0.3) is 10.8 Å². The first-order valence-electron chi connectivity index (χ1n) is 8.71. The molecule has 1 amide bonds. The van der Waals surface area contributed by atoms with Gasteiger partial charge in [0.25, 0.3) is 5.91 Å². The molecule has 1 aliphatic rings. The number of nitrogens with zero attached hydrogens (tertiary/aromatic N) is 2. The third-order valence-electron chi connectivity index (χ3n) is 4.96. The number of halogens is 2. The van der Waals surface area contributed by atoms with Crippen LogP contribution in [0.4, 0.5) is 8.78 Å². The Balaban J connectivity index is 1.59. The van der Waals surface area contributed by atoms with Gasteiger partial charge < -0.3 is 4.90 Å². The van der Waals surface area contributed by atoms with Crippen molar-refractivity contribution in [2.24, 2.45) is 0 Å². The molecule has 3 nitrogen and oxygen atoms in total. The lowest BCUT2D eigenvalue weighted by Crippen LogP contribution is -2.40. The number of carbonyl (C=O) groups excluding carboxylic acids is 1. The van der Waals surface area contributed by atoms with Crippen LogP contribution in [0.15, 0.2) is 54.7 Å². The van der Waals surface area contributed by atoms with Crippen LogP contribution in [-0.4, -0.2) is 28.9 Å². The van der Waals surface area contributed by atoms with Crippen LogP contribution in [0.3, 0.4) is 0 Å². The highest BCUT2D eigenvalue weighted by molar-refractivity contribution is 5.95. The van der Waals surface area contributed by atoms with E-state index in [0.29, 0.717) is 13.1 Å². The van der Waals surface area contributed by atoms with Crippen LogP contribution in [0.5, 0.6) is 0 Å². The average Bonchev–Trinajstić information content (AvgIpc) is 2.67. The summed E-state index contributed by atoms with van der Waals surface area (Å²) in [5.74, 6) is -2.17. The van der Waals surface area contributed by atoms with Gasteiger partial charge in [0.15, 0.2) is 0 Å². The Hall–Kier alpha value is -2.82. The summed E-state index contributed by atoms with van der Waals surface area (Å²) in [5.41, 5.74) is 0.440. The SMILES string of the molecule is O=C(c1c(F)cccc1F)N1CCCC(c2cc3ccccc3cn2)C1. The molecular formula is C21H18F2N2O. The standard InChI is InChI=1S/C21H18F2N2O/c22-17-8-3-9-18(23)20(17)21(26)25-10-4-7-16(13-25)19-11-14-5-1-2-6-15(14)12-24-19/h1-3,5-6,8-9,11-12,16H,4,7,10,13H2. The Morgan fingerprint density at radius 3 is 2.54 bits per heavy atom. The second-order valence-corrected chi connectivity index (χ2v) is 6.64. The largest absolute Gasteiger partial charge is 0.338 e. The van der Waals surface area contributed by atoms with Crippen molar-refractivity contribution in [1.29, 1.82) is 0 Å². The van der Waals surface area contributed by atoms with Gasteiger partial charge >= 0.3 is 0 Å². The van der Waals surface area contributed by atoms with Crippen molar-refractivity contribution in [3.8, 4) is 0 Å². The van der Waals surface area contributed by atoms with Crippen LogP contribution >= 0.6 is 0 Å². The van der Waals surface area contributed by atoms with Crippen molar-refractivity contribution in [1.82, 2.24) is 9.88 Å². The summed E-state index contributed by atoms with van der Waals surface area (Å²) in [7, 11) is 0. The summed E-state index contributed by atoms with van der Waals surface area (Å²) in [6.07, 6.45) is 3.51. The van der Waals surface area contributed by atoms with Gasteiger partial charge in [0.05, 0.1) is 0 Å². The van der Waals surface area contributed by atoms with Gasteiger partial charge in [-0.1, -0.05) is 30.3 Å². The van der Waals surface area contributed by atoms with E-state index in [0.717, 1.165) is 41.4 Å². The average molecular weight is 352 g/mol. The van der Waals surface area contributed by atoms with Crippen LogP contribution in [-0.2, 0) is 0 Å². The number of pyridine rings is 1. The summed E-state index contributed by atoms with van der Waals surface area (Å²) in [6, 6.07) is 13.5. The second-order valence-electron chi connectivity index (χ2n) is 6.64. The van der Waals surface area contributed by atoms with Gasteiger partial charge in [-0.3, -0.25) is 9.78 Å². The minimum absolute atomic E-state index is 0.0622. The van der Waals surface area contributed by atoms with E-state index in [9.17, 15) is 13.6 Å². The normalized spacial score (nSPS) is 17.5. The number of amides is 1. The van der Waals surface area contributed by atoms with Crippen LogP contribution in [0.2, 0.25) is 0 Å². The number of hydrogen-bond donors (Lipinski definition) is 0. The molecule has 1 aromatic heterocycles. The maximum atomic E-state index is 14.0. The Morgan fingerprint density at radius 1 is 1.04 bits per heavy atom. The highest BCUT2D eigenvalue weighted by Gasteiger charge is 2.29. The van der Waals surface area contributed by atoms with Gasteiger partial charge in [-0.2, -0.15) is 0 Å². The molecule has 1 atom stereocenters. The van der Waals surface area contributed by atoms with Crippen molar-refractivity contribution < 1.29 is 13.6 Å². The Morgan fingerprint density at radius 2 is 1.77 bits per heavy atom. The lowest BCUT2D eigenvalue weighted by Gasteiger charge is -2.32. The van der Waals surface area contributed by atoms with E-state index in [-0.39, 0.29) is 5.92 Å². The number of carbonyl (C=O) groups is 1. The molecule has 132 valence electrons. The first-order chi connectivity index (χ1) is 12.6. The molecule has 1 aliphatic heterocycles. The maximum Gasteiger partial charge on any atom is 0.259 e. The van der Waals surface area contributed by atoms with Crippen molar-refractivity contribution >= 4 is 16.7 Å². The van der Waals surface area contributed by atoms with E-state index in [2.05, 4.69) is 4.98 Å². The maximum absolute atomic E-state index is 14.0. The van der Waals surface area contributed by atoms with Gasteiger partial charge in [0.2, 0.25) is 0 Å². The third-order valence-corrected chi connectivity index (χ3v) is 4.96. The molecule has 1 unspecified atom stereocenters. The third kappa shape index (κ3) is 3.05. The zero-order valence-electron chi connectivity index (χ0n) is 14.2. The van der Waals surface area contributed by atoms with E-state index in [1.165, 1.54) is 11.0 Å². The monoisotopic (exact) mass is 352 g/mol. The molecule has 0 spiro atoms. The van der Waals surface area contributed by atoms with Crippen molar-refractivity contribution in [2.45, 2.75) is 18.8 Å². The summed E-state index contributed by atoms with van der Waals surface area (Å²) in [6.45, 7) is 0.911. The molecule has 1 fully saturated rings. The minimum Gasteiger partial charge on any atom is -0.338 e. The van der Waals surface area contributed by atoms with Crippen LogP contribution in [0.1, 0.15) is 34.8 Å².